The van der Waals surface area contributed by atoms with Crippen LogP contribution in [0, 0.1) is 6.92 Å². The van der Waals surface area contributed by atoms with Crippen molar-refractivity contribution in [3.63, 3.8) is 0 Å². The summed E-state index contributed by atoms with van der Waals surface area (Å²) in [5.41, 5.74) is 2.18. The number of hydrogen-bond acceptors (Lipinski definition) is 3. The summed E-state index contributed by atoms with van der Waals surface area (Å²) in [6, 6.07) is 14.5. The molecule has 2 heterocycles. The molecule has 1 aromatic heterocycles. The molecule has 0 saturated heterocycles. The highest BCUT2D eigenvalue weighted by Crippen LogP contribution is 2.17. The Morgan fingerprint density at radius 2 is 1.88 bits per heavy atom. The highest BCUT2D eigenvalue weighted by molar-refractivity contribution is 6.30. The van der Waals surface area contributed by atoms with E-state index in [1.54, 1.807) is 33.7 Å². The van der Waals surface area contributed by atoms with Crippen LogP contribution in [-0.2, 0) is 13.1 Å². The third-order valence-electron chi connectivity index (χ3n) is 4.50. The van der Waals surface area contributed by atoms with Crippen LogP contribution in [0.25, 0.3) is 5.69 Å². The summed E-state index contributed by atoms with van der Waals surface area (Å²) in [5, 5.41) is 4.96. The lowest BCUT2D eigenvalue weighted by Gasteiger charge is -2.26. The van der Waals surface area contributed by atoms with Gasteiger partial charge in [-0.05, 0) is 37.3 Å². The molecular weight excluding hydrogens is 352 g/mol. The van der Waals surface area contributed by atoms with E-state index in [2.05, 4.69) is 5.10 Å². The number of benzene rings is 2. The molecule has 0 atom stereocenters. The Morgan fingerprint density at radius 1 is 1.12 bits per heavy atom. The van der Waals surface area contributed by atoms with E-state index in [1.807, 2.05) is 31.2 Å². The van der Waals surface area contributed by atoms with Crippen LogP contribution in [0.15, 0.2) is 53.3 Å². The number of fused-ring (bicyclic) bond motifs is 1. The van der Waals surface area contributed by atoms with Crippen LogP contribution in [0.1, 0.15) is 21.7 Å². The Balaban J connectivity index is 1.63. The highest BCUT2D eigenvalue weighted by atomic mass is 35.5. The number of nitrogens with zero attached hydrogens (tertiary/aromatic N) is 4. The Hall–Kier alpha value is -2.86. The molecule has 0 unspecified atom stereocenters. The first kappa shape index (κ1) is 16.6. The quantitative estimate of drug-likeness (QED) is 0.698. The first-order chi connectivity index (χ1) is 12.5. The van der Waals surface area contributed by atoms with Gasteiger partial charge in [0.15, 0.2) is 5.82 Å². The molecule has 26 heavy (non-hydrogen) atoms. The van der Waals surface area contributed by atoms with E-state index in [9.17, 15) is 9.59 Å². The van der Waals surface area contributed by atoms with Gasteiger partial charge in [-0.25, -0.2) is 4.79 Å². The molecule has 0 bridgehead atoms. The van der Waals surface area contributed by atoms with Gasteiger partial charge in [-0.1, -0.05) is 35.4 Å². The van der Waals surface area contributed by atoms with Crippen LogP contribution >= 0.6 is 11.6 Å². The SMILES string of the molecule is Cc1ccc(-n2nc3n(c2=O)CCN(C(=O)c2cccc(Cl)c2)C3)cc1. The second-order valence-electron chi connectivity index (χ2n) is 6.33. The van der Waals surface area contributed by atoms with Crippen molar-refractivity contribution >= 4 is 17.5 Å². The Bertz CT molecular complexity index is 1040. The molecule has 0 radical (unpaired) electrons. The average molecular weight is 369 g/mol. The maximum absolute atomic E-state index is 12.7. The van der Waals surface area contributed by atoms with Gasteiger partial charge in [0.2, 0.25) is 0 Å². The molecule has 0 saturated carbocycles. The van der Waals surface area contributed by atoms with Gasteiger partial charge in [0.25, 0.3) is 5.91 Å². The number of amides is 1. The zero-order chi connectivity index (χ0) is 18.3. The molecule has 0 N–H and O–H groups in total. The lowest BCUT2D eigenvalue weighted by molar-refractivity contribution is 0.0706. The van der Waals surface area contributed by atoms with Crippen molar-refractivity contribution in [2.75, 3.05) is 6.54 Å². The van der Waals surface area contributed by atoms with Crippen LogP contribution < -0.4 is 5.69 Å². The minimum absolute atomic E-state index is 0.115. The number of carbonyl (C=O) groups is 1. The summed E-state index contributed by atoms with van der Waals surface area (Å²) in [5.74, 6) is 0.466. The van der Waals surface area contributed by atoms with Gasteiger partial charge in [0, 0.05) is 23.7 Å². The first-order valence-corrected chi connectivity index (χ1v) is 8.71. The predicted molar refractivity (Wildman–Crippen MR) is 98.8 cm³/mol. The average Bonchev–Trinajstić information content (AvgIpc) is 2.98. The van der Waals surface area contributed by atoms with Gasteiger partial charge in [-0.3, -0.25) is 9.36 Å². The molecule has 6 nitrogen and oxygen atoms in total. The highest BCUT2D eigenvalue weighted by Gasteiger charge is 2.26. The van der Waals surface area contributed by atoms with E-state index < -0.39 is 0 Å². The third-order valence-corrected chi connectivity index (χ3v) is 4.74. The maximum atomic E-state index is 12.7. The van der Waals surface area contributed by atoms with Crippen molar-refractivity contribution in [3.05, 3.63) is 81.0 Å². The predicted octanol–water partition coefficient (Wildman–Crippen LogP) is 2.65. The van der Waals surface area contributed by atoms with Gasteiger partial charge >= 0.3 is 5.69 Å². The molecule has 1 amide bonds. The fraction of sp³-hybridized carbons (Fsp3) is 0.211. The Kier molecular flexibility index (Phi) is 4.12. The number of aromatic nitrogens is 3. The molecule has 3 aromatic rings. The molecule has 1 aliphatic heterocycles. The number of hydrogen-bond donors (Lipinski definition) is 0. The largest absolute Gasteiger partial charge is 0.350 e. The molecule has 1 aliphatic rings. The van der Waals surface area contributed by atoms with Crippen molar-refractivity contribution in [1.82, 2.24) is 19.2 Å². The van der Waals surface area contributed by atoms with E-state index in [1.165, 1.54) is 4.68 Å². The number of halogens is 1. The van der Waals surface area contributed by atoms with Gasteiger partial charge in [0.05, 0.1) is 12.2 Å². The Morgan fingerprint density at radius 3 is 2.62 bits per heavy atom. The van der Waals surface area contributed by atoms with Crippen molar-refractivity contribution < 1.29 is 4.79 Å². The van der Waals surface area contributed by atoms with E-state index >= 15 is 0 Å². The zero-order valence-electron chi connectivity index (χ0n) is 14.2. The Labute approximate surface area is 155 Å². The van der Waals surface area contributed by atoms with Crippen molar-refractivity contribution in [2.45, 2.75) is 20.0 Å². The molecule has 2 aromatic carbocycles. The van der Waals surface area contributed by atoms with E-state index in [4.69, 9.17) is 11.6 Å². The number of rotatable bonds is 2. The summed E-state index contributed by atoms with van der Waals surface area (Å²) in [6.45, 7) is 3.16. The first-order valence-electron chi connectivity index (χ1n) is 8.33. The summed E-state index contributed by atoms with van der Waals surface area (Å²) in [4.78, 5) is 27.0. The molecule has 0 spiro atoms. The lowest BCUT2D eigenvalue weighted by atomic mass is 10.2. The van der Waals surface area contributed by atoms with Crippen molar-refractivity contribution in [1.29, 1.82) is 0 Å². The lowest BCUT2D eigenvalue weighted by Crippen LogP contribution is -2.40. The summed E-state index contributed by atoms with van der Waals surface area (Å²) >= 11 is 5.98. The number of carbonyl (C=O) groups excluding carboxylic acids is 1. The number of aryl methyl sites for hydroxylation is 1. The second-order valence-corrected chi connectivity index (χ2v) is 6.77. The third kappa shape index (κ3) is 2.93. The zero-order valence-corrected chi connectivity index (χ0v) is 15.0. The molecule has 4 rings (SSSR count). The van der Waals surface area contributed by atoms with Crippen LogP contribution in [0.5, 0.6) is 0 Å². The second kappa shape index (κ2) is 6.46. The van der Waals surface area contributed by atoms with Crippen LogP contribution in [0.2, 0.25) is 5.02 Å². The standard InChI is InChI=1S/C19H17ClN4O2/c1-13-5-7-16(8-6-13)24-19(26)23-10-9-22(12-17(23)21-24)18(25)14-3-2-4-15(20)11-14/h2-8,11H,9-10,12H2,1H3. The molecular formula is C19H17ClN4O2. The van der Waals surface area contributed by atoms with E-state index in [0.717, 1.165) is 11.3 Å². The monoisotopic (exact) mass is 368 g/mol. The topological polar surface area (TPSA) is 60.1 Å². The molecule has 132 valence electrons. The summed E-state index contributed by atoms with van der Waals surface area (Å²) < 4.78 is 3.02. The minimum atomic E-state index is -0.182. The normalized spacial score (nSPS) is 13.5. The van der Waals surface area contributed by atoms with Crippen molar-refractivity contribution in [3.8, 4) is 5.69 Å². The summed E-state index contributed by atoms with van der Waals surface area (Å²) in [7, 11) is 0. The molecule has 0 aliphatic carbocycles. The van der Waals surface area contributed by atoms with E-state index in [0.29, 0.717) is 36.0 Å². The fourth-order valence-electron chi connectivity index (χ4n) is 3.08. The van der Waals surface area contributed by atoms with Gasteiger partial charge in [-0.15, -0.1) is 5.10 Å². The molecule has 0 fully saturated rings. The van der Waals surface area contributed by atoms with Gasteiger partial charge < -0.3 is 4.90 Å². The van der Waals surface area contributed by atoms with Gasteiger partial charge in [0.1, 0.15) is 0 Å². The van der Waals surface area contributed by atoms with Crippen molar-refractivity contribution in [2.24, 2.45) is 0 Å². The van der Waals surface area contributed by atoms with Crippen LogP contribution in [0.4, 0.5) is 0 Å². The summed E-state index contributed by atoms with van der Waals surface area (Å²) in [6.07, 6.45) is 0. The van der Waals surface area contributed by atoms with Gasteiger partial charge in [-0.2, -0.15) is 4.68 Å². The minimum Gasteiger partial charge on any atom is -0.329 e. The van der Waals surface area contributed by atoms with Crippen LogP contribution in [-0.4, -0.2) is 31.7 Å². The van der Waals surface area contributed by atoms with E-state index in [-0.39, 0.29) is 11.6 Å². The maximum Gasteiger partial charge on any atom is 0.350 e. The fourth-order valence-corrected chi connectivity index (χ4v) is 3.27. The van der Waals surface area contributed by atoms with Crippen LogP contribution in [0.3, 0.4) is 0 Å². The smallest absolute Gasteiger partial charge is 0.329 e. The molecule has 7 heteroatoms.